The molecular formula is C19H32N4O. The number of benzene rings is 1. The molecule has 2 N–H and O–H groups in total. The molecule has 2 rings (SSSR count). The monoisotopic (exact) mass is 332 g/mol. The third kappa shape index (κ3) is 6.49. The van der Waals surface area contributed by atoms with Crippen LogP contribution in [-0.2, 0) is 11.2 Å². The van der Waals surface area contributed by atoms with Crippen LogP contribution in [0.2, 0.25) is 0 Å². The van der Waals surface area contributed by atoms with Crippen molar-refractivity contribution in [2.75, 3.05) is 45.9 Å². The molecule has 0 bridgehead atoms. The molecule has 1 heterocycles. The Bertz CT molecular complexity index is 495. The van der Waals surface area contributed by atoms with Crippen LogP contribution in [0.15, 0.2) is 29.3 Å². The lowest BCUT2D eigenvalue weighted by molar-refractivity contribution is 0.0220. The average molecular weight is 332 g/mol. The van der Waals surface area contributed by atoms with Gasteiger partial charge in [-0.2, -0.15) is 0 Å². The smallest absolute Gasteiger partial charge is 0.191 e. The Balaban J connectivity index is 1.78. The van der Waals surface area contributed by atoms with Crippen LogP contribution < -0.4 is 10.6 Å². The van der Waals surface area contributed by atoms with E-state index in [1.54, 1.807) is 0 Å². The predicted octanol–water partition coefficient (Wildman–Crippen LogP) is 1.81. The molecule has 1 aromatic carbocycles. The van der Waals surface area contributed by atoms with Gasteiger partial charge in [-0.05, 0) is 32.8 Å². The molecular weight excluding hydrogens is 300 g/mol. The lowest BCUT2D eigenvalue weighted by atomic mass is 10.1. The van der Waals surface area contributed by atoms with Crippen LogP contribution in [0.25, 0.3) is 0 Å². The molecule has 0 spiro atoms. The molecule has 1 aliphatic rings. The Morgan fingerprint density at radius 2 is 1.92 bits per heavy atom. The second kappa shape index (κ2) is 10.3. The summed E-state index contributed by atoms with van der Waals surface area (Å²) < 4.78 is 5.41. The van der Waals surface area contributed by atoms with E-state index in [0.29, 0.717) is 6.04 Å². The number of guanidine groups is 1. The summed E-state index contributed by atoms with van der Waals surface area (Å²) in [5.74, 6) is 0.907. The largest absolute Gasteiger partial charge is 0.379 e. The Morgan fingerprint density at radius 3 is 2.58 bits per heavy atom. The molecule has 1 unspecified atom stereocenters. The fourth-order valence-electron chi connectivity index (χ4n) is 2.78. The number of rotatable bonds is 7. The SMILES string of the molecule is CCNC(=NCC(C)N1CCOCC1)NCCc1ccc(C)cc1. The molecule has 0 amide bonds. The number of ether oxygens (including phenoxy) is 1. The highest BCUT2D eigenvalue weighted by Crippen LogP contribution is 2.04. The fourth-order valence-corrected chi connectivity index (χ4v) is 2.78. The van der Waals surface area contributed by atoms with Crippen molar-refractivity contribution in [1.82, 2.24) is 15.5 Å². The van der Waals surface area contributed by atoms with E-state index >= 15 is 0 Å². The van der Waals surface area contributed by atoms with Gasteiger partial charge < -0.3 is 15.4 Å². The Morgan fingerprint density at radius 1 is 1.21 bits per heavy atom. The van der Waals surface area contributed by atoms with Gasteiger partial charge in [0.1, 0.15) is 0 Å². The third-order valence-electron chi connectivity index (χ3n) is 4.35. The topological polar surface area (TPSA) is 48.9 Å². The van der Waals surface area contributed by atoms with Crippen LogP contribution >= 0.6 is 0 Å². The van der Waals surface area contributed by atoms with Crippen molar-refractivity contribution in [3.05, 3.63) is 35.4 Å². The summed E-state index contributed by atoms with van der Waals surface area (Å²) in [4.78, 5) is 7.19. The standard InChI is InChI=1S/C19H32N4O/c1-4-20-19(21-10-9-18-7-5-16(2)6-8-18)22-15-17(3)23-11-13-24-14-12-23/h5-8,17H,4,9-15H2,1-3H3,(H2,20,21,22). The third-order valence-corrected chi connectivity index (χ3v) is 4.35. The summed E-state index contributed by atoms with van der Waals surface area (Å²) in [6, 6.07) is 9.17. The normalized spacial score (nSPS) is 17.5. The first kappa shape index (κ1) is 18.7. The predicted molar refractivity (Wildman–Crippen MR) is 101 cm³/mol. The van der Waals surface area contributed by atoms with Crippen LogP contribution in [-0.4, -0.2) is 62.8 Å². The van der Waals surface area contributed by atoms with E-state index in [2.05, 4.69) is 60.6 Å². The minimum absolute atomic E-state index is 0.446. The van der Waals surface area contributed by atoms with Crippen LogP contribution in [0.5, 0.6) is 0 Å². The number of aliphatic imine (C=N–C) groups is 1. The van der Waals surface area contributed by atoms with Crippen molar-refractivity contribution in [1.29, 1.82) is 0 Å². The van der Waals surface area contributed by atoms with Gasteiger partial charge in [0, 0.05) is 32.2 Å². The van der Waals surface area contributed by atoms with E-state index < -0.39 is 0 Å². The number of hydrogen-bond acceptors (Lipinski definition) is 3. The molecule has 0 saturated carbocycles. The first-order valence-corrected chi connectivity index (χ1v) is 9.08. The van der Waals surface area contributed by atoms with Crippen molar-refractivity contribution >= 4 is 5.96 Å². The minimum atomic E-state index is 0.446. The molecule has 1 saturated heterocycles. The molecule has 5 heteroatoms. The van der Waals surface area contributed by atoms with E-state index in [1.807, 2.05) is 0 Å². The number of nitrogens with zero attached hydrogens (tertiary/aromatic N) is 2. The van der Waals surface area contributed by atoms with Gasteiger partial charge >= 0.3 is 0 Å². The van der Waals surface area contributed by atoms with Crippen LogP contribution in [0.3, 0.4) is 0 Å². The lowest BCUT2D eigenvalue weighted by Crippen LogP contribution is -2.44. The van der Waals surface area contributed by atoms with Gasteiger partial charge in [0.25, 0.3) is 0 Å². The summed E-state index contributed by atoms with van der Waals surface area (Å²) in [7, 11) is 0. The zero-order valence-electron chi connectivity index (χ0n) is 15.3. The van der Waals surface area contributed by atoms with Crippen molar-refractivity contribution < 1.29 is 4.74 Å². The summed E-state index contributed by atoms with van der Waals surface area (Å²) in [6.45, 7) is 12.7. The highest BCUT2D eigenvalue weighted by atomic mass is 16.5. The zero-order valence-corrected chi connectivity index (χ0v) is 15.3. The van der Waals surface area contributed by atoms with E-state index in [9.17, 15) is 0 Å². The highest BCUT2D eigenvalue weighted by Gasteiger charge is 2.16. The highest BCUT2D eigenvalue weighted by molar-refractivity contribution is 5.79. The summed E-state index contributed by atoms with van der Waals surface area (Å²) in [5, 5.41) is 6.77. The van der Waals surface area contributed by atoms with Gasteiger partial charge in [-0.15, -0.1) is 0 Å². The molecule has 0 aromatic heterocycles. The van der Waals surface area contributed by atoms with Crippen LogP contribution in [0.1, 0.15) is 25.0 Å². The van der Waals surface area contributed by atoms with Gasteiger partial charge in [-0.1, -0.05) is 29.8 Å². The van der Waals surface area contributed by atoms with Crippen molar-refractivity contribution in [2.45, 2.75) is 33.2 Å². The molecule has 1 aliphatic heterocycles. The van der Waals surface area contributed by atoms with Gasteiger partial charge in [0.2, 0.25) is 0 Å². The second-order valence-corrected chi connectivity index (χ2v) is 6.38. The number of morpholine rings is 1. The van der Waals surface area contributed by atoms with E-state index in [1.165, 1.54) is 11.1 Å². The van der Waals surface area contributed by atoms with Gasteiger partial charge in [-0.3, -0.25) is 9.89 Å². The molecule has 1 atom stereocenters. The Kier molecular flexibility index (Phi) is 8.05. The van der Waals surface area contributed by atoms with Gasteiger partial charge in [0.05, 0.1) is 19.8 Å². The molecule has 24 heavy (non-hydrogen) atoms. The lowest BCUT2D eigenvalue weighted by Gasteiger charge is -2.31. The van der Waals surface area contributed by atoms with Crippen molar-refractivity contribution in [3.63, 3.8) is 0 Å². The maximum Gasteiger partial charge on any atom is 0.191 e. The van der Waals surface area contributed by atoms with Gasteiger partial charge in [-0.25, -0.2) is 0 Å². The summed E-state index contributed by atoms with van der Waals surface area (Å²) in [6.07, 6.45) is 1.00. The molecule has 0 radical (unpaired) electrons. The molecule has 1 fully saturated rings. The maximum atomic E-state index is 5.41. The quantitative estimate of drug-likeness (QED) is 0.591. The van der Waals surface area contributed by atoms with Crippen LogP contribution in [0.4, 0.5) is 0 Å². The maximum absolute atomic E-state index is 5.41. The fraction of sp³-hybridized carbons (Fsp3) is 0.632. The summed E-state index contributed by atoms with van der Waals surface area (Å²) in [5.41, 5.74) is 2.66. The van der Waals surface area contributed by atoms with Crippen molar-refractivity contribution in [3.8, 4) is 0 Å². The van der Waals surface area contributed by atoms with E-state index in [-0.39, 0.29) is 0 Å². The van der Waals surface area contributed by atoms with E-state index in [4.69, 9.17) is 9.73 Å². The summed E-state index contributed by atoms with van der Waals surface area (Å²) >= 11 is 0. The molecule has 0 aliphatic carbocycles. The zero-order chi connectivity index (χ0) is 17.2. The van der Waals surface area contributed by atoms with Gasteiger partial charge in [0.15, 0.2) is 5.96 Å². The Hall–Kier alpha value is -1.59. The molecule has 1 aromatic rings. The number of nitrogens with one attached hydrogen (secondary N) is 2. The molecule has 134 valence electrons. The Labute approximate surface area is 146 Å². The average Bonchev–Trinajstić information content (AvgIpc) is 2.62. The number of aryl methyl sites for hydroxylation is 1. The second-order valence-electron chi connectivity index (χ2n) is 6.38. The minimum Gasteiger partial charge on any atom is -0.379 e. The van der Waals surface area contributed by atoms with Crippen LogP contribution in [0, 0.1) is 6.92 Å². The first-order valence-electron chi connectivity index (χ1n) is 9.08. The first-order chi connectivity index (χ1) is 11.7. The molecule has 5 nitrogen and oxygen atoms in total. The number of hydrogen-bond donors (Lipinski definition) is 2. The van der Waals surface area contributed by atoms with E-state index in [0.717, 1.165) is 58.3 Å². The van der Waals surface area contributed by atoms with Crippen molar-refractivity contribution in [2.24, 2.45) is 4.99 Å².